The van der Waals surface area contributed by atoms with Crippen molar-refractivity contribution in [2.45, 2.75) is 19.1 Å². The number of likely N-dealkylation sites (N-methyl/N-ethyl adjacent to an activating group) is 1. The lowest BCUT2D eigenvalue weighted by atomic mass is 10.1. The van der Waals surface area contributed by atoms with Crippen LogP contribution in [0.1, 0.15) is 16.8 Å². The monoisotopic (exact) mass is 587 g/mol. The SMILES string of the molecule is CN1CCN(CCc2cc(Nc3ccc(CN=Nc4ncc(F)c(N5CCOCC5)n4)nc3)cc(C(F)(F)F)c2)CC1. The van der Waals surface area contributed by atoms with E-state index in [1.165, 1.54) is 12.3 Å². The van der Waals surface area contributed by atoms with Gasteiger partial charge in [0.1, 0.15) is 6.54 Å². The van der Waals surface area contributed by atoms with Crippen LogP contribution >= 0.6 is 0 Å². The molecule has 0 atom stereocenters. The first-order valence-corrected chi connectivity index (χ1v) is 13.8. The molecule has 2 saturated heterocycles. The van der Waals surface area contributed by atoms with Gasteiger partial charge in [-0.25, -0.2) is 9.37 Å². The molecule has 0 radical (unpaired) electrons. The molecular weight excluding hydrogens is 554 g/mol. The maximum atomic E-state index is 14.2. The second-order valence-electron chi connectivity index (χ2n) is 10.3. The smallest absolute Gasteiger partial charge is 0.378 e. The number of ether oxygens (including phenoxy) is 1. The van der Waals surface area contributed by atoms with Crippen molar-refractivity contribution in [3.8, 4) is 0 Å². The number of rotatable bonds is 9. The summed E-state index contributed by atoms with van der Waals surface area (Å²) in [5.74, 6) is -0.347. The normalized spacial score (nSPS) is 17.2. The average molecular weight is 588 g/mol. The van der Waals surface area contributed by atoms with E-state index in [-0.39, 0.29) is 18.3 Å². The van der Waals surface area contributed by atoms with E-state index in [4.69, 9.17) is 4.74 Å². The number of halogens is 4. The van der Waals surface area contributed by atoms with Gasteiger partial charge in [0.05, 0.1) is 42.6 Å². The Morgan fingerprint density at radius 1 is 0.952 bits per heavy atom. The molecular formula is C28H33F4N9O. The van der Waals surface area contributed by atoms with Gasteiger partial charge in [0.15, 0.2) is 11.6 Å². The van der Waals surface area contributed by atoms with Gasteiger partial charge in [0, 0.05) is 51.5 Å². The van der Waals surface area contributed by atoms with Crippen LogP contribution in [0.15, 0.2) is 53.0 Å². The molecule has 2 fully saturated rings. The van der Waals surface area contributed by atoms with Crippen LogP contribution in [0.2, 0.25) is 0 Å². The molecule has 42 heavy (non-hydrogen) atoms. The topological polar surface area (TPSA) is 94.4 Å². The van der Waals surface area contributed by atoms with Gasteiger partial charge < -0.3 is 24.8 Å². The number of azo groups is 1. The van der Waals surface area contributed by atoms with Crippen LogP contribution in [0.25, 0.3) is 0 Å². The minimum atomic E-state index is -4.45. The zero-order chi connectivity index (χ0) is 29.5. The molecule has 0 saturated carbocycles. The fourth-order valence-electron chi connectivity index (χ4n) is 4.75. The number of nitrogens with one attached hydrogen (secondary N) is 1. The first-order valence-electron chi connectivity index (χ1n) is 13.8. The maximum Gasteiger partial charge on any atom is 0.416 e. The van der Waals surface area contributed by atoms with E-state index in [2.05, 4.69) is 47.3 Å². The largest absolute Gasteiger partial charge is 0.416 e. The van der Waals surface area contributed by atoms with E-state index < -0.39 is 17.6 Å². The third kappa shape index (κ3) is 8.17. The lowest BCUT2D eigenvalue weighted by molar-refractivity contribution is -0.137. The van der Waals surface area contributed by atoms with Gasteiger partial charge in [-0.05, 0) is 49.4 Å². The van der Waals surface area contributed by atoms with Crippen molar-refractivity contribution in [3.63, 3.8) is 0 Å². The van der Waals surface area contributed by atoms with Gasteiger partial charge in [0.25, 0.3) is 5.95 Å². The van der Waals surface area contributed by atoms with Crippen LogP contribution in [0, 0.1) is 5.82 Å². The zero-order valence-corrected chi connectivity index (χ0v) is 23.3. The number of anilines is 3. The molecule has 2 aliphatic heterocycles. The van der Waals surface area contributed by atoms with Crippen molar-refractivity contribution in [1.82, 2.24) is 24.8 Å². The van der Waals surface area contributed by atoms with Crippen molar-refractivity contribution in [2.24, 2.45) is 10.2 Å². The van der Waals surface area contributed by atoms with E-state index in [0.29, 0.717) is 61.9 Å². The number of piperazine rings is 1. The summed E-state index contributed by atoms with van der Waals surface area (Å²) in [4.78, 5) is 18.7. The molecule has 0 aliphatic carbocycles. The fourth-order valence-corrected chi connectivity index (χ4v) is 4.75. The van der Waals surface area contributed by atoms with Crippen LogP contribution in [0.4, 0.5) is 40.7 Å². The molecule has 2 aliphatic rings. The second kappa shape index (κ2) is 13.5. The molecule has 2 aromatic heterocycles. The number of morpholine rings is 1. The number of pyridine rings is 1. The summed E-state index contributed by atoms with van der Waals surface area (Å²) in [6.07, 6.45) is -1.34. The van der Waals surface area contributed by atoms with Gasteiger partial charge in [0.2, 0.25) is 0 Å². The van der Waals surface area contributed by atoms with Crippen molar-refractivity contribution < 1.29 is 22.3 Å². The lowest BCUT2D eigenvalue weighted by Crippen LogP contribution is -2.45. The summed E-state index contributed by atoms with van der Waals surface area (Å²) in [5.41, 5.74) is 1.40. The summed E-state index contributed by atoms with van der Waals surface area (Å²) in [7, 11) is 2.07. The Balaban J connectivity index is 1.20. The molecule has 1 N–H and O–H groups in total. The van der Waals surface area contributed by atoms with Gasteiger partial charge in [-0.3, -0.25) is 4.98 Å². The van der Waals surface area contributed by atoms with Gasteiger partial charge in [-0.1, -0.05) is 0 Å². The molecule has 3 aromatic rings. The number of benzene rings is 1. The van der Waals surface area contributed by atoms with Crippen molar-refractivity contribution in [2.75, 3.05) is 76.3 Å². The highest BCUT2D eigenvalue weighted by Crippen LogP contribution is 2.33. The Bertz CT molecular complexity index is 1360. The summed E-state index contributed by atoms with van der Waals surface area (Å²) in [5, 5.41) is 11.1. The first-order chi connectivity index (χ1) is 20.2. The number of hydrogen-bond donors (Lipinski definition) is 1. The van der Waals surface area contributed by atoms with E-state index in [1.807, 2.05) is 0 Å². The minimum absolute atomic E-state index is 0.0316. The van der Waals surface area contributed by atoms with Gasteiger partial charge in [-0.15, -0.1) is 5.11 Å². The molecule has 14 heteroatoms. The predicted molar refractivity (Wildman–Crippen MR) is 150 cm³/mol. The number of aromatic nitrogens is 3. The molecule has 0 spiro atoms. The number of alkyl halides is 3. The van der Waals surface area contributed by atoms with Crippen LogP contribution in [0.5, 0.6) is 0 Å². The molecule has 0 bridgehead atoms. The number of nitrogens with zero attached hydrogens (tertiary/aromatic N) is 8. The predicted octanol–water partition coefficient (Wildman–Crippen LogP) is 4.68. The highest BCUT2D eigenvalue weighted by Gasteiger charge is 2.31. The molecule has 0 amide bonds. The Hall–Kier alpha value is -3.75. The second-order valence-corrected chi connectivity index (χ2v) is 10.3. The summed E-state index contributed by atoms with van der Waals surface area (Å²) < 4.78 is 60.4. The van der Waals surface area contributed by atoms with Gasteiger partial charge in [-0.2, -0.15) is 23.3 Å². The average Bonchev–Trinajstić information content (AvgIpc) is 2.98. The van der Waals surface area contributed by atoms with Crippen LogP contribution in [-0.2, 0) is 23.9 Å². The summed E-state index contributed by atoms with van der Waals surface area (Å²) in [6, 6.07) is 7.50. The molecule has 10 nitrogen and oxygen atoms in total. The minimum Gasteiger partial charge on any atom is -0.378 e. The van der Waals surface area contributed by atoms with E-state index >= 15 is 0 Å². The lowest BCUT2D eigenvalue weighted by Gasteiger charge is -2.32. The van der Waals surface area contributed by atoms with Crippen molar-refractivity contribution >= 4 is 23.1 Å². The summed E-state index contributed by atoms with van der Waals surface area (Å²) in [6.45, 7) is 6.57. The molecule has 1 aromatic carbocycles. The summed E-state index contributed by atoms with van der Waals surface area (Å²) >= 11 is 0. The highest BCUT2D eigenvalue weighted by atomic mass is 19.4. The Morgan fingerprint density at radius 2 is 1.74 bits per heavy atom. The Morgan fingerprint density at radius 3 is 2.45 bits per heavy atom. The fraction of sp³-hybridized carbons (Fsp3) is 0.464. The maximum absolute atomic E-state index is 14.2. The highest BCUT2D eigenvalue weighted by molar-refractivity contribution is 5.61. The van der Waals surface area contributed by atoms with Crippen LogP contribution in [-0.4, -0.2) is 90.8 Å². The third-order valence-electron chi connectivity index (χ3n) is 7.16. The molecule has 5 rings (SSSR count). The molecule has 224 valence electrons. The first kappa shape index (κ1) is 29.7. The van der Waals surface area contributed by atoms with Crippen LogP contribution in [0.3, 0.4) is 0 Å². The standard InChI is InChI=1S/C28H33F4N9O/c1-39-6-8-40(9-7-39)5-4-20-14-21(28(30,31)32)16-24(15-20)36-23-3-2-22(33-17-23)18-35-38-27-34-19-25(29)26(37-27)41-10-12-42-13-11-41/h2-3,14-17,19,36H,4-13,18H2,1H3. The molecule has 4 heterocycles. The Labute approximate surface area is 241 Å². The van der Waals surface area contributed by atoms with Crippen LogP contribution < -0.4 is 10.2 Å². The van der Waals surface area contributed by atoms with Gasteiger partial charge >= 0.3 is 6.18 Å². The Kier molecular flexibility index (Phi) is 9.55. The van der Waals surface area contributed by atoms with E-state index in [9.17, 15) is 17.6 Å². The van der Waals surface area contributed by atoms with Crippen molar-refractivity contribution in [3.05, 3.63) is 65.4 Å². The molecule has 0 unspecified atom stereocenters. The third-order valence-corrected chi connectivity index (χ3v) is 7.16. The van der Waals surface area contributed by atoms with Crippen molar-refractivity contribution in [1.29, 1.82) is 0 Å². The quantitative estimate of drug-likeness (QED) is 0.285. The zero-order valence-electron chi connectivity index (χ0n) is 23.3. The van der Waals surface area contributed by atoms with E-state index in [0.717, 1.165) is 38.4 Å². The van der Waals surface area contributed by atoms with E-state index in [1.54, 1.807) is 23.1 Å². The number of hydrogen-bond acceptors (Lipinski definition) is 10.